The summed E-state index contributed by atoms with van der Waals surface area (Å²) in [5, 5.41) is 18.8. The summed E-state index contributed by atoms with van der Waals surface area (Å²) in [4.78, 5) is 11.8. The summed E-state index contributed by atoms with van der Waals surface area (Å²) in [5.74, 6) is -1.02. The highest BCUT2D eigenvalue weighted by atomic mass is 16.5. The minimum atomic E-state index is -0.689. The topological polar surface area (TPSA) is 66.8 Å². The maximum Gasteiger partial charge on any atom is 0.342 e. The predicted molar refractivity (Wildman–Crippen MR) is 75.4 cm³/mol. The maximum atomic E-state index is 11.8. The Balaban J connectivity index is 2.04. The minimum Gasteiger partial charge on any atom is -0.508 e. The van der Waals surface area contributed by atoms with E-state index >= 15 is 0 Å². The fraction of sp³-hybridized carbons (Fsp3) is 0.0625. The number of hydrogen-bond donors (Lipinski definition) is 2. The quantitative estimate of drug-likeness (QED) is 0.661. The first kappa shape index (κ1) is 13.7. The molecule has 102 valence electrons. The zero-order valence-corrected chi connectivity index (χ0v) is 10.7. The average Bonchev–Trinajstić information content (AvgIpc) is 2.47. The fourth-order valence-electron chi connectivity index (χ4n) is 1.66. The SMILES string of the molecule is C=Cc1ccc(COC(=O)c2cc(O)ccc2O)cc1. The Morgan fingerprint density at radius 1 is 1.15 bits per heavy atom. The zero-order valence-electron chi connectivity index (χ0n) is 10.7. The molecule has 2 aromatic carbocycles. The van der Waals surface area contributed by atoms with E-state index in [4.69, 9.17) is 4.74 Å². The van der Waals surface area contributed by atoms with Gasteiger partial charge in [-0.25, -0.2) is 4.79 Å². The van der Waals surface area contributed by atoms with Crippen LogP contribution in [0.2, 0.25) is 0 Å². The standard InChI is InChI=1S/C16H14O4/c1-2-11-3-5-12(6-4-11)10-20-16(19)14-9-13(17)7-8-15(14)18/h2-9,17-18H,1,10H2. The molecule has 4 nitrogen and oxygen atoms in total. The maximum absolute atomic E-state index is 11.8. The lowest BCUT2D eigenvalue weighted by Crippen LogP contribution is -2.05. The van der Waals surface area contributed by atoms with Gasteiger partial charge >= 0.3 is 5.97 Å². The lowest BCUT2D eigenvalue weighted by Gasteiger charge is -2.07. The molecule has 0 bridgehead atoms. The van der Waals surface area contributed by atoms with Crippen molar-refractivity contribution in [1.82, 2.24) is 0 Å². The van der Waals surface area contributed by atoms with Crippen LogP contribution < -0.4 is 0 Å². The monoisotopic (exact) mass is 270 g/mol. The van der Waals surface area contributed by atoms with Crippen LogP contribution in [0, 0.1) is 0 Å². The number of esters is 1. The Morgan fingerprint density at radius 3 is 2.50 bits per heavy atom. The van der Waals surface area contributed by atoms with Gasteiger partial charge in [0, 0.05) is 0 Å². The lowest BCUT2D eigenvalue weighted by atomic mass is 10.1. The van der Waals surface area contributed by atoms with Gasteiger partial charge in [-0.15, -0.1) is 0 Å². The van der Waals surface area contributed by atoms with Gasteiger partial charge in [0.05, 0.1) is 0 Å². The van der Waals surface area contributed by atoms with Crippen LogP contribution in [0.25, 0.3) is 6.08 Å². The number of phenols is 2. The molecule has 0 unspecified atom stereocenters. The summed E-state index contributed by atoms with van der Waals surface area (Å²) in [5.41, 5.74) is 1.74. The molecule has 0 fully saturated rings. The van der Waals surface area contributed by atoms with Crippen LogP contribution >= 0.6 is 0 Å². The van der Waals surface area contributed by atoms with Crippen LogP contribution in [0.5, 0.6) is 11.5 Å². The number of ether oxygens (including phenoxy) is 1. The van der Waals surface area contributed by atoms with Crippen molar-refractivity contribution in [2.45, 2.75) is 6.61 Å². The molecular formula is C16H14O4. The first-order valence-corrected chi connectivity index (χ1v) is 6.00. The number of hydrogen-bond acceptors (Lipinski definition) is 4. The molecule has 0 aliphatic heterocycles. The highest BCUT2D eigenvalue weighted by Crippen LogP contribution is 2.23. The molecule has 0 heterocycles. The van der Waals surface area contributed by atoms with E-state index in [-0.39, 0.29) is 23.7 Å². The van der Waals surface area contributed by atoms with Crippen molar-refractivity contribution in [2.75, 3.05) is 0 Å². The molecule has 0 saturated heterocycles. The number of carbonyl (C=O) groups excluding carboxylic acids is 1. The highest BCUT2D eigenvalue weighted by molar-refractivity contribution is 5.92. The van der Waals surface area contributed by atoms with Crippen molar-refractivity contribution >= 4 is 12.0 Å². The Hall–Kier alpha value is -2.75. The normalized spacial score (nSPS) is 10.0. The zero-order chi connectivity index (χ0) is 14.5. The molecule has 0 aliphatic rings. The molecule has 0 radical (unpaired) electrons. The first-order valence-electron chi connectivity index (χ1n) is 6.00. The molecular weight excluding hydrogens is 256 g/mol. The predicted octanol–water partition coefficient (Wildman–Crippen LogP) is 3.10. The van der Waals surface area contributed by atoms with Gasteiger partial charge in [-0.1, -0.05) is 36.9 Å². The van der Waals surface area contributed by atoms with Gasteiger partial charge in [-0.3, -0.25) is 0 Å². The lowest BCUT2D eigenvalue weighted by molar-refractivity contribution is 0.0469. The summed E-state index contributed by atoms with van der Waals surface area (Å²) in [6, 6.07) is 11.1. The van der Waals surface area contributed by atoms with Crippen LogP contribution in [-0.4, -0.2) is 16.2 Å². The number of phenolic OH excluding ortho intramolecular Hbond substituents is 2. The number of carbonyl (C=O) groups is 1. The molecule has 0 saturated carbocycles. The second kappa shape index (κ2) is 5.93. The van der Waals surface area contributed by atoms with E-state index < -0.39 is 5.97 Å². The average molecular weight is 270 g/mol. The van der Waals surface area contributed by atoms with E-state index in [1.807, 2.05) is 24.3 Å². The van der Waals surface area contributed by atoms with E-state index in [1.165, 1.54) is 18.2 Å². The van der Waals surface area contributed by atoms with Crippen molar-refractivity contribution < 1.29 is 19.7 Å². The van der Waals surface area contributed by atoms with E-state index in [2.05, 4.69) is 6.58 Å². The van der Waals surface area contributed by atoms with Gasteiger partial charge in [-0.2, -0.15) is 0 Å². The summed E-state index contributed by atoms with van der Waals surface area (Å²) in [7, 11) is 0. The van der Waals surface area contributed by atoms with Crippen molar-refractivity contribution in [3.8, 4) is 11.5 Å². The molecule has 0 spiro atoms. The third kappa shape index (κ3) is 3.17. The van der Waals surface area contributed by atoms with Crippen LogP contribution in [-0.2, 0) is 11.3 Å². The third-order valence-corrected chi connectivity index (χ3v) is 2.79. The fourth-order valence-corrected chi connectivity index (χ4v) is 1.66. The van der Waals surface area contributed by atoms with Crippen LogP contribution in [0.15, 0.2) is 49.0 Å². The molecule has 2 N–H and O–H groups in total. The third-order valence-electron chi connectivity index (χ3n) is 2.79. The smallest absolute Gasteiger partial charge is 0.342 e. The largest absolute Gasteiger partial charge is 0.508 e. The second-order valence-electron chi connectivity index (χ2n) is 4.22. The molecule has 2 rings (SSSR count). The van der Waals surface area contributed by atoms with Gasteiger partial charge in [0.15, 0.2) is 0 Å². The highest BCUT2D eigenvalue weighted by Gasteiger charge is 2.13. The van der Waals surface area contributed by atoms with E-state index in [1.54, 1.807) is 6.08 Å². The minimum absolute atomic E-state index is 0.0623. The number of aromatic hydroxyl groups is 2. The van der Waals surface area contributed by atoms with Gasteiger partial charge in [-0.05, 0) is 29.3 Å². The summed E-state index contributed by atoms with van der Waals surface area (Å²) >= 11 is 0. The molecule has 4 heteroatoms. The molecule has 0 amide bonds. The number of rotatable bonds is 4. The second-order valence-corrected chi connectivity index (χ2v) is 4.22. The summed E-state index contributed by atoms with van der Waals surface area (Å²) < 4.78 is 5.09. The Morgan fingerprint density at radius 2 is 1.85 bits per heavy atom. The van der Waals surface area contributed by atoms with Crippen LogP contribution in [0.4, 0.5) is 0 Å². The molecule has 2 aromatic rings. The van der Waals surface area contributed by atoms with E-state index in [0.717, 1.165) is 11.1 Å². The van der Waals surface area contributed by atoms with Gasteiger partial charge in [0.25, 0.3) is 0 Å². The van der Waals surface area contributed by atoms with Gasteiger partial charge < -0.3 is 14.9 Å². The first-order chi connectivity index (χ1) is 9.60. The van der Waals surface area contributed by atoms with Gasteiger partial charge in [0.2, 0.25) is 0 Å². The van der Waals surface area contributed by atoms with E-state index in [9.17, 15) is 15.0 Å². The Kier molecular flexibility index (Phi) is 4.05. The molecule has 0 atom stereocenters. The summed E-state index contributed by atoms with van der Waals surface area (Å²) in [6.07, 6.45) is 1.72. The molecule has 0 aromatic heterocycles. The van der Waals surface area contributed by atoms with E-state index in [0.29, 0.717) is 0 Å². The Bertz CT molecular complexity index is 629. The van der Waals surface area contributed by atoms with Crippen LogP contribution in [0.1, 0.15) is 21.5 Å². The van der Waals surface area contributed by atoms with Crippen molar-refractivity contribution in [1.29, 1.82) is 0 Å². The van der Waals surface area contributed by atoms with Crippen molar-refractivity contribution in [3.63, 3.8) is 0 Å². The van der Waals surface area contributed by atoms with Crippen molar-refractivity contribution in [3.05, 3.63) is 65.7 Å². The van der Waals surface area contributed by atoms with Gasteiger partial charge in [0.1, 0.15) is 23.7 Å². The molecule has 20 heavy (non-hydrogen) atoms. The van der Waals surface area contributed by atoms with Crippen molar-refractivity contribution in [2.24, 2.45) is 0 Å². The Labute approximate surface area is 116 Å². The van der Waals surface area contributed by atoms with Crippen LogP contribution in [0.3, 0.4) is 0 Å². The molecule has 0 aliphatic carbocycles. The summed E-state index contributed by atoms with van der Waals surface area (Å²) in [6.45, 7) is 3.74. The number of benzene rings is 2.